The number of nitrogens with one attached hydrogen (secondary N) is 1. The van der Waals surface area contributed by atoms with Crippen LogP contribution in [0.4, 0.5) is 5.13 Å². The number of benzene rings is 1. The fourth-order valence-corrected chi connectivity index (χ4v) is 1.83. The van der Waals surface area contributed by atoms with Gasteiger partial charge in [-0.05, 0) is 6.07 Å². The monoisotopic (exact) mass is 270 g/mol. The molecule has 0 saturated heterocycles. The molecule has 0 aliphatic heterocycles. The van der Waals surface area contributed by atoms with Gasteiger partial charge in [0.1, 0.15) is 0 Å². The summed E-state index contributed by atoms with van der Waals surface area (Å²) in [6.07, 6.45) is 1.55. The van der Waals surface area contributed by atoms with Gasteiger partial charge in [0.15, 0.2) is 5.13 Å². The van der Waals surface area contributed by atoms with Crippen LogP contribution in [-0.2, 0) is 0 Å². The molecule has 0 radical (unpaired) electrons. The molecule has 1 aromatic carbocycles. The molecule has 1 amide bonds. The van der Waals surface area contributed by atoms with Crippen LogP contribution in [0.3, 0.4) is 0 Å². The molecular formula is C11H7N2NaO3S. The number of nitrogens with zero attached hydrogens (tertiary/aromatic N) is 1. The first-order valence-corrected chi connectivity index (χ1v) is 5.57. The molecule has 1 N–H and O–H groups in total. The van der Waals surface area contributed by atoms with Crippen molar-refractivity contribution in [2.75, 3.05) is 5.32 Å². The van der Waals surface area contributed by atoms with Gasteiger partial charge in [-0.1, -0.05) is 18.2 Å². The van der Waals surface area contributed by atoms with Crippen molar-refractivity contribution in [2.24, 2.45) is 0 Å². The minimum Gasteiger partial charge on any atom is -0.545 e. The molecule has 0 bridgehead atoms. The zero-order chi connectivity index (χ0) is 12.3. The van der Waals surface area contributed by atoms with Gasteiger partial charge < -0.3 is 9.90 Å². The van der Waals surface area contributed by atoms with Crippen LogP contribution in [0, 0.1) is 0 Å². The second-order valence-electron chi connectivity index (χ2n) is 3.12. The molecule has 0 aliphatic rings. The van der Waals surface area contributed by atoms with Gasteiger partial charge in [-0.2, -0.15) is 0 Å². The quantitative estimate of drug-likeness (QED) is 0.640. The summed E-state index contributed by atoms with van der Waals surface area (Å²) in [5.74, 6) is -1.89. The van der Waals surface area contributed by atoms with E-state index in [4.69, 9.17) is 0 Å². The van der Waals surface area contributed by atoms with E-state index in [9.17, 15) is 14.7 Å². The van der Waals surface area contributed by atoms with Crippen molar-refractivity contribution in [2.45, 2.75) is 0 Å². The zero-order valence-electron chi connectivity index (χ0n) is 9.54. The first-order chi connectivity index (χ1) is 8.18. The summed E-state index contributed by atoms with van der Waals surface area (Å²) >= 11 is 1.25. The molecule has 0 saturated carbocycles. The number of carboxylic acid groups (broad SMARTS) is 1. The first-order valence-electron chi connectivity index (χ1n) is 4.69. The Kier molecular flexibility index (Phi) is 5.49. The first kappa shape index (κ1) is 14.8. The average Bonchev–Trinajstić information content (AvgIpc) is 2.81. The molecule has 1 aromatic heterocycles. The Hall–Kier alpha value is -1.21. The number of carbonyl (C=O) groups is 2. The van der Waals surface area contributed by atoms with E-state index < -0.39 is 11.9 Å². The van der Waals surface area contributed by atoms with E-state index in [0.717, 1.165) is 0 Å². The molecule has 0 aliphatic carbocycles. The van der Waals surface area contributed by atoms with Crippen LogP contribution in [0.25, 0.3) is 0 Å². The Bertz CT molecular complexity index is 557. The molecular weight excluding hydrogens is 263 g/mol. The van der Waals surface area contributed by atoms with E-state index in [1.54, 1.807) is 17.6 Å². The second-order valence-corrected chi connectivity index (χ2v) is 4.02. The van der Waals surface area contributed by atoms with Crippen LogP contribution in [0.2, 0.25) is 0 Å². The third-order valence-corrected chi connectivity index (χ3v) is 2.73. The number of amides is 1. The summed E-state index contributed by atoms with van der Waals surface area (Å²) in [5, 5.41) is 15.5. The minimum absolute atomic E-state index is 0. The summed E-state index contributed by atoms with van der Waals surface area (Å²) < 4.78 is 0. The summed E-state index contributed by atoms with van der Waals surface area (Å²) in [4.78, 5) is 26.5. The van der Waals surface area contributed by atoms with Crippen LogP contribution < -0.4 is 40.0 Å². The molecule has 86 valence electrons. The molecule has 0 atom stereocenters. The molecule has 0 spiro atoms. The van der Waals surface area contributed by atoms with Crippen LogP contribution in [0.1, 0.15) is 20.7 Å². The third-order valence-electron chi connectivity index (χ3n) is 2.04. The molecule has 7 heteroatoms. The Morgan fingerprint density at radius 2 is 1.89 bits per heavy atom. The number of aromatic nitrogens is 1. The number of carbonyl (C=O) groups excluding carboxylic acids is 2. The summed E-state index contributed by atoms with van der Waals surface area (Å²) in [5.41, 5.74) is -0.0794. The number of thiazole rings is 1. The van der Waals surface area contributed by atoms with Crippen LogP contribution in [-0.4, -0.2) is 16.9 Å². The smallest absolute Gasteiger partial charge is 0.545 e. The molecule has 18 heavy (non-hydrogen) atoms. The van der Waals surface area contributed by atoms with Gasteiger partial charge in [0, 0.05) is 22.7 Å². The predicted molar refractivity (Wildman–Crippen MR) is 60.8 cm³/mol. The maximum absolute atomic E-state index is 11.8. The van der Waals surface area contributed by atoms with E-state index in [1.165, 1.54) is 29.5 Å². The van der Waals surface area contributed by atoms with Gasteiger partial charge in [-0.3, -0.25) is 10.1 Å². The van der Waals surface area contributed by atoms with Crippen molar-refractivity contribution < 1.29 is 44.3 Å². The molecule has 2 rings (SSSR count). The maximum atomic E-state index is 11.8. The normalized spacial score (nSPS) is 9.33. The van der Waals surface area contributed by atoms with Crippen LogP contribution >= 0.6 is 11.3 Å². The maximum Gasteiger partial charge on any atom is 1.00 e. The number of hydrogen-bond acceptors (Lipinski definition) is 5. The Morgan fingerprint density at radius 1 is 1.22 bits per heavy atom. The Labute approximate surface area is 129 Å². The molecule has 0 unspecified atom stereocenters. The topological polar surface area (TPSA) is 82.1 Å². The number of hydrogen-bond donors (Lipinski definition) is 1. The van der Waals surface area contributed by atoms with Gasteiger partial charge in [0.25, 0.3) is 5.91 Å². The van der Waals surface area contributed by atoms with Crippen molar-refractivity contribution >= 4 is 28.3 Å². The van der Waals surface area contributed by atoms with Gasteiger partial charge in [0.2, 0.25) is 0 Å². The van der Waals surface area contributed by atoms with Gasteiger partial charge >= 0.3 is 29.6 Å². The van der Waals surface area contributed by atoms with Crippen molar-refractivity contribution in [1.29, 1.82) is 0 Å². The van der Waals surface area contributed by atoms with E-state index in [0.29, 0.717) is 5.13 Å². The molecule has 0 fully saturated rings. The minimum atomic E-state index is -1.38. The summed E-state index contributed by atoms with van der Waals surface area (Å²) in [6, 6.07) is 5.87. The Balaban J connectivity index is 0.00000162. The second kappa shape index (κ2) is 6.65. The Morgan fingerprint density at radius 3 is 2.44 bits per heavy atom. The van der Waals surface area contributed by atoms with Crippen molar-refractivity contribution in [1.82, 2.24) is 4.98 Å². The molecule has 1 heterocycles. The van der Waals surface area contributed by atoms with Gasteiger partial charge in [-0.25, -0.2) is 4.98 Å². The number of aromatic carboxylic acids is 1. The SMILES string of the molecule is O=C([O-])c1ccccc1C(=O)Nc1nccs1.[Na+]. The average molecular weight is 270 g/mol. The van der Waals surface area contributed by atoms with Crippen molar-refractivity contribution in [3.05, 3.63) is 47.0 Å². The van der Waals surface area contributed by atoms with Crippen molar-refractivity contribution in [3.8, 4) is 0 Å². The van der Waals surface area contributed by atoms with Crippen molar-refractivity contribution in [3.63, 3.8) is 0 Å². The fraction of sp³-hybridized carbons (Fsp3) is 0. The molecule has 5 nitrogen and oxygen atoms in total. The summed E-state index contributed by atoms with van der Waals surface area (Å²) in [7, 11) is 0. The predicted octanol–water partition coefficient (Wildman–Crippen LogP) is -2.24. The van der Waals surface area contributed by atoms with Crippen LogP contribution in [0.5, 0.6) is 0 Å². The summed E-state index contributed by atoms with van der Waals surface area (Å²) in [6.45, 7) is 0. The number of carboxylic acids is 1. The number of rotatable bonds is 3. The van der Waals surface area contributed by atoms with Gasteiger partial charge in [0.05, 0.1) is 5.97 Å². The zero-order valence-corrected chi connectivity index (χ0v) is 12.4. The van der Waals surface area contributed by atoms with E-state index in [2.05, 4.69) is 10.3 Å². The largest absolute Gasteiger partial charge is 1.00 e. The number of anilines is 1. The van der Waals surface area contributed by atoms with E-state index >= 15 is 0 Å². The molecule has 2 aromatic rings. The third kappa shape index (κ3) is 3.39. The van der Waals surface area contributed by atoms with Crippen LogP contribution in [0.15, 0.2) is 35.8 Å². The van der Waals surface area contributed by atoms with E-state index in [1.807, 2.05) is 0 Å². The fourth-order valence-electron chi connectivity index (χ4n) is 1.31. The standard InChI is InChI=1S/C11H8N2O3S.Na/c14-9(13-11-12-5-6-17-11)7-3-1-2-4-8(7)10(15)16;/h1-6H,(H,15,16)(H,12,13,14);/q;+1/p-1. The van der Waals surface area contributed by atoms with Gasteiger partial charge in [-0.15, -0.1) is 11.3 Å². The van der Waals surface area contributed by atoms with E-state index in [-0.39, 0.29) is 40.7 Å².